The number of nitrogens with zero attached hydrogens (tertiary/aromatic N) is 3. The maximum absolute atomic E-state index is 12.8. The number of hydrogen-bond donors (Lipinski definition) is 0. The standard InChI is InChI=1S/C18H15N3O2S/c22-24(23,17-2-1-8-20-13-17)21-11-7-16-12-15(3-4-18(16)21)14-5-9-19-10-6-14/h1-6,8-10,12-13H,7,11H2. The lowest BCUT2D eigenvalue weighted by Gasteiger charge is -2.19. The Bertz CT molecular complexity index is 974. The van der Waals surface area contributed by atoms with E-state index in [-0.39, 0.29) is 4.90 Å². The zero-order chi connectivity index (χ0) is 16.6. The fourth-order valence-corrected chi connectivity index (χ4v) is 4.44. The van der Waals surface area contributed by atoms with Gasteiger partial charge in [-0.05, 0) is 59.5 Å². The summed E-state index contributed by atoms with van der Waals surface area (Å²) in [6.45, 7) is 0.451. The van der Waals surface area contributed by atoms with E-state index in [1.165, 1.54) is 10.5 Å². The molecule has 0 N–H and O–H groups in total. The summed E-state index contributed by atoms with van der Waals surface area (Å²) in [6.07, 6.45) is 7.16. The molecule has 2 aromatic heterocycles. The van der Waals surface area contributed by atoms with Gasteiger partial charge < -0.3 is 0 Å². The normalized spacial score (nSPS) is 13.8. The largest absolute Gasteiger partial charge is 0.266 e. The smallest absolute Gasteiger partial charge is 0.265 e. The van der Waals surface area contributed by atoms with Crippen molar-refractivity contribution in [3.63, 3.8) is 0 Å². The molecule has 1 aliphatic rings. The second kappa shape index (κ2) is 5.72. The van der Waals surface area contributed by atoms with Crippen LogP contribution in [0.5, 0.6) is 0 Å². The monoisotopic (exact) mass is 337 g/mol. The van der Waals surface area contributed by atoms with Gasteiger partial charge in [0.1, 0.15) is 4.90 Å². The second-order valence-electron chi connectivity index (χ2n) is 5.60. The minimum atomic E-state index is -3.57. The first-order valence-corrected chi connectivity index (χ1v) is 9.06. The van der Waals surface area contributed by atoms with Crippen LogP contribution < -0.4 is 4.31 Å². The Morgan fingerprint density at radius 3 is 2.50 bits per heavy atom. The first-order valence-electron chi connectivity index (χ1n) is 7.62. The van der Waals surface area contributed by atoms with Crippen LogP contribution in [0.2, 0.25) is 0 Å². The lowest BCUT2D eigenvalue weighted by Crippen LogP contribution is -2.29. The maximum Gasteiger partial charge on any atom is 0.265 e. The van der Waals surface area contributed by atoms with Crippen LogP contribution in [0.4, 0.5) is 5.69 Å². The van der Waals surface area contributed by atoms with Crippen LogP contribution in [-0.2, 0) is 16.4 Å². The minimum absolute atomic E-state index is 0.219. The number of pyridine rings is 2. The van der Waals surface area contributed by atoms with Crippen molar-refractivity contribution >= 4 is 15.7 Å². The summed E-state index contributed by atoms with van der Waals surface area (Å²) in [6, 6.07) is 13.0. The van der Waals surface area contributed by atoms with E-state index in [4.69, 9.17) is 0 Å². The molecule has 0 spiro atoms. The fraction of sp³-hybridized carbons (Fsp3) is 0.111. The van der Waals surface area contributed by atoms with E-state index >= 15 is 0 Å². The van der Waals surface area contributed by atoms with E-state index in [1.54, 1.807) is 30.7 Å². The van der Waals surface area contributed by atoms with Crippen molar-refractivity contribution in [2.75, 3.05) is 10.8 Å². The van der Waals surface area contributed by atoms with E-state index < -0.39 is 10.0 Å². The van der Waals surface area contributed by atoms with Crippen molar-refractivity contribution in [1.29, 1.82) is 0 Å². The van der Waals surface area contributed by atoms with Crippen molar-refractivity contribution < 1.29 is 8.42 Å². The number of benzene rings is 1. The third-order valence-electron chi connectivity index (χ3n) is 4.17. The van der Waals surface area contributed by atoms with Gasteiger partial charge in [0, 0.05) is 31.3 Å². The summed E-state index contributed by atoms with van der Waals surface area (Å²) < 4.78 is 27.1. The number of fused-ring (bicyclic) bond motifs is 1. The molecule has 0 saturated carbocycles. The topological polar surface area (TPSA) is 63.2 Å². The molecule has 3 heterocycles. The highest BCUT2D eigenvalue weighted by Crippen LogP contribution is 2.35. The van der Waals surface area contributed by atoms with E-state index in [0.717, 1.165) is 22.4 Å². The van der Waals surface area contributed by atoms with E-state index in [1.807, 2.05) is 24.3 Å². The molecule has 0 radical (unpaired) electrons. The molecule has 0 atom stereocenters. The predicted octanol–water partition coefficient (Wildman–Crippen LogP) is 2.90. The Morgan fingerprint density at radius 1 is 0.917 bits per heavy atom. The Kier molecular flexibility index (Phi) is 3.54. The van der Waals surface area contributed by atoms with Crippen LogP contribution >= 0.6 is 0 Å². The summed E-state index contributed by atoms with van der Waals surface area (Å²) in [4.78, 5) is 8.17. The van der Waals surface area contributed by atoms with Gasteiger partial charge in [-0.15, -0.1) is 0 Å². The first-order chi connectivity index (χ1) is 11.7. The molecule has 3 aromatic rings. The summed E-state index contributed by atoms with van der Waals surface area (Å²) in [7, 11) is -3.57. The van der Waals surface area contributed by atoms with Gasteiger partial charge in [-0.25, -0.2) is 8.42 Å². The highest BCUT2D eigenvalue weighted by atomic mass is 32.2. The molecular weight excluding hydrogens is 322 g/mol. The molecular formula is C18H15N3O2S. The maximum atomic E-state index is 12.8. The van der Waals surface area contributed by atoms with Gasteiger partial charge >= 0.3 is 0 Å². The highest BCUT2D eigenvalue weighted by Gasteiger charge is 2.31. The predicted molar refractivity (Wildman–Crippen MR) is 92.1 cm³/mol. The van der Waals surface area contributed by atoms with Crippen molar-refractivity contribution in [3.8, 4) is 11.1 Å². The molecule has 120 valence electrons. The van der Waals surface area contributed by atoms with Crippen LogP contribution in [0.1, 0.15) is 5.56 Å². The summed E-state index contributed by atoms with van der Waals surface area (Å²) in [5, 5.41) is 0. The van der Waals surface area contributed by atoms with E-state index in [2.05, 4.69) is 16.0 Å². The molecule has 0 unspecified atom stereocenters. The van der Waals surface area contributed by atoms with Gasteiger partial charge in [0.05, 0.1) is 5.69 Å². The van der Waals surface area contributed by atoms with E-state index in [9.17, 15) is 8.42 Å². The van der Waals surface area contributed by atoms with Crippen molar-refractivity contribution in [2.45, 2.75) is 11.3 Å². The van der Waals surface area contributed by atoms with Crippen molar-refractivity contribution in [2.24, 2.45) is 0 Å². The van der Waals surface area contributed by atoms with E-state index in [0.29, 0.717) is 13.0 Å². The number of sulfonamides is 1. The second-order valence-corrected chi connectivity index (χ2v) is 7.46. The zero-order valence-electron chi connectivity index (χ0n) is 12.8. The molecule has 6 heteroatoms. The quantitative estimate of drug-likeness (QED) is 0.737. The number of aromatic nitrogens is 2. The molecule has 1 aromatic carbocycles. The van der Waals surface area contributed by atoms with Crippen LogP contribution in [0.25, 0.3) is 11.1 Å². The molecule has 4 rings (SSSR count). The summed E-state index contributed by atoms with van der Waals surface area (Å²) in [5.41, 5.74) is 3.92. The fourth-order valence-electron chi connectivity index (χ4n) is 2.97. The van der Waals surface area contributed by atoms with Gasteiger partial charge in [-0.2, -0.15) is 0 Å². The van der Waals surface area contributed by atoms with Crippen LogP contribution in [0.3, 0.4) is 0 Å². The van der Waals surface area contributed by atoms with Gasteiger partial charge in [0.2, 0.25) is 0 Å². The Morgan fingerprint density at radius 2 is 1.75 bits per heavy atom. The van der Waals surface area contributed by atoms with Crippen molar-refractivity contribution in [3.05, 3.63) is 72.8 Å². The van der Waals surface area contributed by atoms with Gasteiger partial charge in [0.25, 0.3) is 10.0 Å². The lowest BCUT2D eigenvalue weighted by molar-refractivity contribution is 0.592. The summed E-state index contributed by atoms with van der Waals surface area (Å²) >= 11 is 0. The Hall–Kier alpha value is -2.73. The lowest BCUT2D eigenvalue weighted by atomic mass is 10.0. The van der Waals surface area contributed by atoms with Crippen LogP contribution in [0, 0.1) is 0 Å². The highest BCUT2D eigenvalue weighted by molar-refractivity contribution is 7.92. The van der Waals surface area contributed by atoms with Crippen molar-refractivity contribution in [1.82, 2.24) is 9.97 Å². The van der Waals surface area contributed by atoms with Crippen LogP contribution in [0.15, 0.2) is 72.1 Å². The molecule has 1 aliphatic heterocycles. The molecule has 0 bridgehead atoms. The molecule has 24 heavy (non-hydrogen) atoms. The molecule has 0 amide bonds. The Labute approximate surface area is 140 Å². The molecule has 5 nitrogen and oxygen atoms in total. The average molecular weight is 337 g/mol. The number of anilines is 1. The molecule has 0 saturated heterocycles. The third-order valence-corrected chi connectivity index (χ3v) is 5.97. The third kappa shape index (κ3) is 2.45. The zero-order valence-corrected chi connectivity index (χ0v) is 13.6. The van der Waals surface area contributed by atoms with Gasteiger partial charge in [-0.3, -0.25) is 14.3 Å². The average Bonchev–Trinajstić information content (AvgIpc) is 3.07. The minimum Gasteiger partial charge on any atom is -0.266 e. The van der Waals surface area contributed by atoms with Gasteiger partial charge in [-0.1, -0.05) is 6.07 Å². The van der Waals surface area contributed by atoms with Crippen LogP contribution in [-0.4, -0.2) is 24.9 Å². The molecule has 0 fully saturated rings. The SMILES string of the molecule is O=S(=O)(c1cccnc1)N1CCc2cc(-c3ccncc3)ccc21. The number of rotatable bonds is 3. The van der Waals surface area contributed by atoms with Gasteiger partial charge in [0.15, 0.2) is 0 Å². The molecule has 0 aliphatic carbocycles. The Balaban J connectivity index is 1.73. The summed E-state index contributed by atoms with van der Waals surface area (Å²) in [5.74, 6) is 0. The first kappa shape index (κ1) is 14.8. The number of hydrogen-bond acceptors (Lipinski definition) is 4.